The SMILES string of the molecule is Cc1cn(Cc2ccccc2)c(N2CCO[C@@H]([C@@]34CC[C@@H](c5cc(-c6c(F)cccc6F)nnc53)C4(C)C)C2)n1. The highest BCUT2D eigenvalue weighted by Gasteiger charge is 2.67. The summed E-state index contributed by atoms with van der Waals surface area (Å²) in [6.45, 7) is 9.40. The van der Waals surface area contributed by atoms with E-state index < -0.39 is 11.6 Å². The van der Waals surface area contributed by atoms with Crippen molar-refractivity contribution < 1.29 is 13.5 Å². The normalized spacial score (nSPS) is 24.9. The topological polar surface area (TPSA) is 56.1 Å². The van der Waals surface area contributed by atoms with E-state index in [0.29, 0.717) is 13.2 Å². The van der Waals surface area contributed by atoms with Gasteiger partial charge in [-0.15, -0.1) is 0 Å². The predicted molar refractivity (Wildman–Crippen MR) is 149 cm³/mol. The molecule has 2 bridgehead atoms. The summed E-state index contributed by atoms with van der Waals surface area (Å²) < 4.78 is 38.1. The van der Waals surface area contributed by atoms with E-state index in [0.717, 1.165) is 48.8 Å². The van der Waals surface area contributed by atoms with Crippen LogP contribution in [0, 0.1) is 24.0 Å². The van der Waals surface area contributed by atoms with Gasteiger partial charge in [0.05, 0.1) is 41.9 Å². The summed E-state index contributed by atoms with van der Waals surface area (Å²) in [5, 5.41) is 9.11. The number of morpholine rings is 1. The number of rotatable bonds is 5. The Hall–Kier alpha value is -3.65. The van der Waals surface area contributed by atoms with E-state index in [2.05, 4.69) is 58.9 Å². The fraction of sp³-hybridized carbons (Fsp3) is 0.406. The van der Waals surface area contributed by atoms with Gasteiger partial charge in [-0.05, 0) is 60.4 Å². The zero-order valence-corrected chi connectivity index (χ0v) is 23.1. The van der Waals surface area contributed by atoms with Crippen molar-refractivity contribution in [3.8, 4) is 11.3 Å². The molecule has 3 atom stereocenters. The molecule has 6 nitrogen and oxygen atoms in total. The van der Waals surface area contributed by atoms with Gasteiger partial charge in [0.25, 0.3) is 0 Å². The smallest absolute Gasteiger partial charge is 0.206 e. The van der Waals surface area contributed by atoms with Crippen molar-refractivity contribution in [2.24, 2.45) is 5.41 Å². The van der Waals surface area contributed by atoms with Gasteiger partial charge in [0.15, 0.2) is 0 Å². The number of aromatic nitrogens is 4. The van der Waals surface area contributed by atoms with Crippen LogP contribution in [0.4, 0.5) is 14.7 Å². The first kappa shape index (κ1) is 25.3. The minimum Gasteiger partial charge on any atom is -0.374 e. The van der Waals surface area contributed by atoms with Crippen LogP contribution in [0.5, 0.6) is 0 Å². The standard InChI is InChI=1S/C32H33F2N5O/c1-20-17-39(18-21-8-5-4-6-9-21)30(35-20)38-14-15-40-27(19-38)32-13-12-23(31(32,2)3)22-16-26(36-37-29(22)32)28-24(33)10-7-11-25(28)34/h4-11,16-17,23,27H,12-15,18-19H2,1-3H3/t23-,27+,32-/m0/s1. The lowest BCUT2D eigenvalue weighted by atomic mass is 9.64. The van der Waals surface area contributed by atoms with Gasteiger partial charge in [-0.3, -0.25) is 0 Å². The largest absolute Gasteiger partial charge is 0.374 e. The Morgan fingerprint density at radius 2 is 1.80 bits per heavy atom. The average Bonchev–Trinajstić information content (AvgIpc) is 3.51. The van der Waals surface area contributed by atoms with Gasteiger partial charge in [0, 0.05) is 24.7 Å². The van der Waals surface area contributed by atoms with Gasteiger partial charge in [-0.25, -0.2) is 13.8 Å². The van der Waals surface area contributed by atoms with Crippen LogP contribution in [0.25, 0.3) is 11.3 Å². The molecule has 8 heteroatoms. The summed E-state index contributed by atoms with van der Waals surface area (Å²) in [5.74, 6) is -0.0844. The lowest BCUT2D eigenvalue weighted by Gasteiger charge is -2.47. The van der Waals surface area contributed by atoms with Crippen molar-refractivity contribution in [1.29, 1.82) is 0 Å². The van der Waals surface area contributed by atoms with Gasteiger partial charge in [0.2, 0.25) is 5.95 Å². The summed E-state index contributed by atoms with van der Waals surface area (Å²) in [4.78, 5) is 7.27. The molecule has 3 heterocycles. The first-order valence-electron chi connectivity index (χ1n) is 14.1. The van der Waals surface area contributed by atoms with Crippen molar-refractivity contribution in [3.63, 3.8) is 0 Å². The Kier molecular flexibility index (Phi) is 5.82. The van der Waals surface area contributed by atoms with E-state index in [1.54, 1.807) is 0 Å². The molecule has 2 fully saturated rings. The Labute approximate surface area is 233 Å². The lowest BCUT2D eigenvalue weighted by molar-refractivity contribution is -0.0470. The van der Waals surface area contributed by atoms with Gasteiger partial charge >= 0.3 is 0 Å². The van der Waals surface area contributed by atoms with E-state index in [9.17, 15) is 8.78 Å². The second-order valence-electron chi connectivity index (χ2n) is 12.0. The monoisotopic (exact) mass is 541 g/mol. The van der Waals surface area contributed by atoms with Crippen molar-refractivity contribution >= 4 is 5.95 Å². The van der Waals surface area contributed by atoms with Gasteiger partial charge in [0.1, 0.15) is 11.6 Å². The maximum absolute atomic E-state index is 14.6. The van der Waals surface area contributed by atoms with Crippen LogP contribution in [-0.4, -0.2) is 45.5 Å². The molecule has 40 heavy (non-hydrogen) atoms. The molecular formula is C32H33F2N5O. The molecule has 1 saturated carbocycles. The molecule has 2 aliphatic carbocycles. The first-order valence-corrected chi connectivity index (χ1v) is 14.1. The van der Waals surface area contributed by atoms with E-state index >= 15 is 0 Å². The van der Waals surface area contributed by atoms with Gasteiger partial charge < -0.3 is 14.2 Å². The Morgan fingerprint density at radius 1 is 1.02 bits per heavy atom. The molecule has 2 aromatic carbocycles. The Bertz CT molecular complexity index is 1570. The average molecular weight is 542 g/mol. The van der Waals surface area contributed by atoms with Gasteiger partial charge in [-0.1, -0.05) is 50.2 Å². The lowest BCUT2D eigenvalue weighted by Crippen LogP contribution is -2.56. The highest BCUT2D eigenvalue weighted by molar-refractivity contribution is 5.63. The second-order valence-corrected chi connectivity index (χ2v) is 12.0. The molecular weight excluding hydrogens is 508 g/mol. The third-order valence-corrected chi connectivity index (χ3v) is 9.66. The van der Waals surface area contributed by atoms with Gasteiger partial charge in [-0.2, -0.15) is 10.2 Å². The van der Waals surface area contributed by atoms with E-state index in [4.69, 9.17) is 14.8 Å². The van der Waals surface area contributed by atoms with Crippen LogP contribution in [0.15, 0.2) is 60.8 Å². The van der Waals surface area contributed by atoms with Crippen molar-refractivity contribution in [1.82, 2.24) is 19.7 Å². The minimum atomic E-state index is -0.626. The van der Waals surface area contributed by atoms with Crippen LogP contribution in [0.3, 0.4) is 0 Å². The number of aryl methyl sites for hydroxylation is 1. The number of anilines is 1. The maximum Gasteiger partial charge on any atom is 0.206 e. The summed E-state index contributed by atoms with van der Waals surface area (Å²) in [6, 6.07) is 16.2. The van der Waals surface area contributed by atoms with Crippen molar-refractivity contribution in [2.45, 2.75) is 57.6 Å². The molecule has 7 rings (SSSR count). The zero-order chi connectivity index (χ0) is 27.6. The first-order chi connectivity index (χ1) is 19.3. The van der Waals surface area contributed by atoms with Crippen LogP contribution < -0.4 is 4.90 Å². The summed E-state index contributed by atoms with van der Waals surface area (Å²) in [5.41, 5.74) is 3.81. The highest BCUT2D eigenvalue weighted by atomic mass is 19.1. The second kappa shape index (κ2) is 9.20. The predicted octanol–water partition coefficient (Wildman–Crippen LogP) is 6.04. The summed E-state index contributed by atoms with van der Waals surface area (Å²) in [6.07, 6.45) is 3.91. The fourth-order valence-corrected chi connectivity index (χ4v) is 7.76. The van der Waals surface area contributed by atoms with E-state index in [1.165, 1.54) is 23.8 Å². The maximum atomic E-state index is 14.6. The quantitative estimate of drug-likeness (QED) is 0.309. The number of hydrogen-bond donors (Lipinski definition) is 0. The number of nitrogens with zero attached hydrogens (tertiary/aromatic N) is 5. The number of fused-ring (bicyclic) bond motifs is 5. The van der Waals surface area contributed by atoms with E-state index in [-0.39, 0.29) is 34.1 Å². The zero-order valence-electron chi connectivity index (χ0n) is 23.1. The Morgan fingerprint density at radius 3 is 2.58 bits per heavy atom. The number of hydrogen-bond acceptors (Lipinski definition) is 5. The number of imidazole rings is 1. The Balaban J connectivity index is 1.24. The number of halogens is 2. The molecule has 0 N–H and O–H groups in total. The molecule has 0 radical (unpaired) electrons. The van der Waals surface area contributed by atoms with Crippen LogP contribution in [0.1, 0.15) is 55.1 Å². The van der Waals surface area contributed by atoms with Crippen LogP contribution >= 0.6 is 0 Å². The molecule has 0 unspecified atom stereocenters. The number of ether oxygens (including phenoxy) is 1. The van der Waals surface area contributed by atoms with Crippen molar-refractivity contribution in [3.05, 3.63) is 94.9 Å². The highest BCUT2D eigenvalue weighted by Crippen LogP contribution is 2.69. The molecule has 1 aliphatic heterocycles. The summed E-state index contributed by atoms with van der Waals surface area (Å²) >= 11 is 0. The third kappa shape index (κ3) is 3.65. The van der Waals surface area contributed by atoms with Crippen LogP contribution in [-0.2, 0) is 16.7 Å². The fourth-order valence-electron chi connectivity index (χ4n) is 7.76. The summed E-state index contributed by atoms with van der Waals surface area (Å²) in [7, 11) is 0. The third-order valence-electron chi connectivity index (χ3n) is 9.66. The molecule has 0 spiro atoms. The molecule has 3 aliphatic rings. The molecule has 1 saturated heterocycles. The van der Waals surface area contributed by atoms with Crippen LogP contribution in [0.2, 0.25) is 0 Å². The minimum absolute atomic E-state index is 0.116. The molecule has 206 valence electrons. The molecule has 0 amide bonds. The van der Waals surface area contributed by atoms with Crippen molar-refractivity contribution in [2.75, 3.05) is 24.6 Å². The van der Waals surface area contributed by atoms with E-state index in [1.807, 2.05) is 19.1 Å². The number of benzene rings is 2. The molecule has 2 aromatic heterocycles. The molecule has 4 aromatic rings.